The van der Waals surface area contributed by atoms with Crippen LogP contribution in [-0.4, -0.2) is 25.2 Å². The van der Waals surface area contributed by atoms with Crippen molar-refractivity contribution >= 4 is 5.97 Å². The number of rotatable bonds is 3. The van der Waals surface area contributed by atoms with Gasteiger partial charge in [-0.15, -0.1) is 0 Å². The molecule has 0 bridgehead atoms. The Balaban J connectivity index is 2.41. The lowest BCUT2D eigenvalue weighted by molar-refractivity contribution is -0.145. The first-order valence-corrected chi connectivity index (χ1v) is 3.82. The van der Waals surface area contributed by atoms with E-state index in [2.05, 4.69) is 15.4 Å². The van der Waals surface area contributed by atoms with Gasteiger partial charge in [0.25, 0.3) is 6.43 Å². The number of allylic oxidation sites excluding steroid dienone is 1. The van der Waals surface area contributed by atoms with Crippen LogP contribution in [-0.2, 0) is 9.53 Å². The lowest BCUT2D eigenvalue weighted by atomic mass is 10.5. The van der Waals surface area contributed by atoms with E-state index in [4.69, 9.17) is 0 Å². The third-order valence-electron chi connectivity index (χ3n) is 1.47. The van der Waals surface area contributed by atoms with Gasteiger partial charge in [-0.3, -0.25) is 0 Å². The molecule has 1 aliphatic heterocycles. The molecule has 6 heteroatoms. The van der Waals surface area contributed by atoms with E-state index in [1.807, 2.05) is 0 Å². The molecule has 0 amide bonds. The quantitative estimate of drug-likeness (QED) is 0.626. The Labute approximate surface area is 73.9 Å². The average molecular weight is 192 g/mol. The molecule has 0 saturated heterocycles. The van der Waals surface area contributed by atoms with Gasteiger partial charge >= 0.3 is 5.97 Å². The Bertz CT molecular complexity index is 231. The monoisotopic (exact) mass is 192 g/mol. The summed E-state index contributed by atoms with van der Waals surface area (Å²) in [6.07, 6.45) is -2.41. The van der Waals surface area contributed by atoms with Crippen LogP contribution in [0.25, 0.3) is 0 Å². The van der Waals surface area contributed by atoms with Crippen LogP contribution in [0, 0.1) is 0 Å². The van der Waals surface area contributed by atoms with Crippen molar-refractivity contribution in [2.24, 2.45) is 0 Å². The normalized spacial score (nSPS) is 20.6. The van der Waals surface area contributed by atoms with Gasteiger partial charge in [0.15, 0.2) is 6.17 Å². The Morgan fingerprint density at radius 1 is 1.77 bits per heavy atom. The predicted octanol–water partition coefficient (Wildman–Crippen LogP) is 0.175. The van der Waals surface area contributed by atoms with Crippen molar-refractivity contribution < 1.29 is 18.3 Å². The smallest absolute Gasteiger partial charge is 0.349 e. The van der Waals surface area contributed by atoms with E-state index in [0.717, 1.165) is 6.20 Å². The summed E-state index contributed by atoms with van der Waals surface area (Å²) in [4.78, 5) is 11.0. The molecule has 1 atom stereocenters. The summed E-state index contributed by atoms with van der Waals surface area (Å²) in [6, 6.07) is 0. The Hall–Kier alpha value is -1.33. The first kappa shape index (κ1) is 9.76. The van der Waals surface area contributed by atoms with Crippen LogP contribution in [0.2, 0.25) is 0 Å². The molecule has 4 nitrogen and oxygen atoms in total. The summed E-state index contributed by atoms with van der Waals surface area (Å²) in [5.41, 5.74) is -0.293. The number of halogens is 2. The van der Waals surface area contributed by atoms with Crippen molar-refractivity contribution in [3.63, 3.8) is 0 Å². The van der Waals surface area contributed by atoms with Gasteiger partial charge in [-0.2, -0.15) is 0 Å². The van der Waals surface area contributed by atoms with Gasteiger partial charge in [0.1, 0.15) is 0 Å². The van der Waals surface area contributed by atoms with Crippen LogP contribution in [0.4, 0.5) is 8.78 Å². The van der Waals surface area contributed by atoms with E-state index in [1.54, 1.807) is 6.92 Å². The molecule has 0 aromatic carbocycles. The van der Waals surface area contributed by atoms with Gasteiger partial charge < -0.3 is 15.4 Å². The number of carbonyl (C=O) groups is 1. The number of alkyl halides is 2. The van der Waals surface area contributed by atoms with Crippen LogP contribution < -0.4 is 10.6 Å². The van der Waals surface area contributed by atoms with Crippen molar-refractivity contribution in [3.8, 4) is 0 Å². The highest BCUT2D eigenvalue weighted by Crippen LogP contribution is 2.09. The second kappa shape index (κ2) is 4.06. The van der Waals surface area contributed by atoms with E-state index in [9.17, 15) is 13.6 Å². The van der Waals surface area contributed by atoms with Crippen molar-refractivity contribution in [2.45, 2.75) is 19.5 Å². The van der Waals surface area contributed by atoms with Crippen LogP contribution in [0.1, 0.15) is 6.92 Å². The molecule has 1 rings (SSSR count). The summed E-state index contributed by atoms with van der Waals surface area (Å²) in [7, 11) is 0. The lowest BCUT2D eigenvalue weighted by Crippen LogP contribution is -2.42. The van der Waals surface area contributed by atoms with E-state index >= 15 is 0 Å². The first-order chi connectivity index (χ1) is 6.15. The maximum Gasteiger partial charge on any atom is 0.349 e. The zero-order valence-corrected chi connectivity index (χ0v) is 7.01. The summed E-state index contributed by atoms with van der Waals surface area (Å²) >= 11 is 0. The Morgan fingerprint density at radius 3 is 2.92 bits per heavy atom. The molecule has 1 aliphatic rings. The molecule has 13 heavy (non-hydrogen) atoms. The predicted molar refractivity (Wildman–Crippen MR) is 40.8 cm³/mol. The van der Waals surface area contributed by atoms with Crippen LogP contribution in [0.15, 0.2) is 11.9 Å². The van der Waals surface area contributed by atoms with Gasteiger partial charge in [-0.05, 0) is 6.92 Å². The fourth-order valence-corrected chi connectivity index (χ4v) is 0.902. The maximum absolute atomic E-state index is 12.0. The molecule has 0 saturated carbocycles. The molecule has 1 unspecified atom stereocenters. The van der Waals surface area contributed by atoms with E-state index in [-0.39, 0.29) is 12.3 Å². The molecule has 0 radical (unpaired) electrons. The summed E-state index contributed by atoms with van der Waals surface area (Å²) < 4.78 is 28.7. The number of carbonyl (C=O) groups excluding carboxylic acids is 1. The number of esters is 1. The molecule has 2 N–H and O–H groups in total. The van der Waals surface area contributed by atoms with Gasteiger partial charge in [0.2, 0.25) is 0 Å². The van der Waals surface area contributed by atoms with Crippen molar-refractivity contribution in [3.05, 3.63) is 11.9 Å². The molecule has 0 spiro atoms. The Kier molecular flexibility index (Phi) is 3.05. The van der Waals surface area contributed by atoms with Gasteiger partial charge in [-0.25, -0.2) is 13.6 Å². The van der Waals surface area contributed by atoms with Crippen LogP contribution in [0.3, 0.4) is 0 Å². The van der Waals surface area contributed by atoms with Crippen molar-refractivity contribution in [1.82, 2.24) is 10.6 Å². The van der Waals surface area contributed by atoms with Gasteiger partial charge in [0.05, 0.1) is 12.3 Å². The second-order valence-corrected chi connectivity index (χ2v) is 2.40. The third-order valence-corrected chi connectivity index (χ3v) is 1.47. The van der Waals surface area contributed by atoms with E-state index in [0.29, 0.717) is 0 Å². The summed E-state index contributed by atoms with van der Waals surface area (Å²) in [5.74, 6) is -0.589. The lowest BCUT2D eigenvalue weighted by Gasteiger charge is -2.11. The van der Waals surface area contributed by atoms with Crippen LogP contribution >= 0.6 is 0 Å². The molecule has 0 fully saturated rings. The van der Waals surface area contributed by atoms with Gasteiger partial charge in [0, 0.05) is 6.20 Å². The highest BCUT2D eigenvalue weighted by molar-refractivity contribution is 5.76. The fraction of sp³-hybridized carbons (Fsp3) is 0.571. The largest absolute Gasteiger partial charge is 0.463 e. The molecular formula is C7H10F2N2O2. The third kappa shape index (κ3) is 2.30. The van der Waals surface area contributed by atoms with E-state index < -0.39 is 18.6 Å². The van der Waals surface area contributed by atoms with Gasteiger partial charge in [-0.1, -0.05) is 0 Å². The zero-order valence-electron chi connectivity index (χ0n) is 7.01. The SMILES string of the molecule is CCOC(=O)C1NC=C(C(F)F)N1. The minimum atomic E-state index is -2.60. The van der Waals surface area contributed by atoms with Crippen molar-refractivity contribution in [2.75, 3.05) is 6.61 Å². The average Bonchev–Trinajstić information content (AvgIpc) is 2.52. The van der Waals surface area contributed by atoms with E-state index in [1.165, 1.54) is 0 Å². The zero-order chi connectivity index (χ0) is 9.84. The summed E-state index contributed by atoms with van der Waals surface area (Å²) in [6.45, 7) is 1.87. The standard InChI is InChI=1S/C7H10F2N2O2/c1-2-13-7(12)6-10-3-4(11-6)5(8)9/h3,5-6,10-11H,2H2,1H3. The van der Waals surface area contributed by atoms with Crippen molar-refractivity contribution in [1.29, 1.82) is 0 Å². The van der Waals surface area contributed by atoms with Crippen LogP contribution in [0.5, 0.6) is 0 Å². The molecule has 74 valence electrons. The molecule has 0 aliphatic carbocycles. The highest BCUT2D eigenvalue weighted by atomic mass is 19.3. The number of ether oxygens (including phenoxy) is 1. The Morgan fingerprint density at radius 2 is 2.46 bits per heavy atom. The minimum Gasteiger partial charge on any atom is -0.463 e. The summed E-state index contributed by atoms with van der Waals surface area (Å²) in [5, 5.41) is 4.75. The fourth-order valence-electron chi connectivity index (χ4n) is 0.902. The molecule has 0 aromatic rings. The minimum absolute atomic E-state index is 0.225. The number of hydrogen-bond acceptors (Lipinski definition) is 4. The number of nitrogens with one attached hydrogen (secondary N) is 2. The highest BCUT2D eigenvalue weighted by Gasteiger charge is 2.27. The first-order valence-electron chi connectivity index (χ1n) is 3.82. The topological polar surface area (TPSA) is 50.4 Å². The molecular weight excluding hydrogens is 182 g/mol. The number of hydrogen-bond donors (Lipinski definition) is 2. The molecule has 1 heterocycles. The maximum atomic E-state index is 12.0. The molecule has 0 aromatic heterocycles. The second-order valence-electron chi connectivity index (χ2n) is 2.40.